The van der Waals surface area contributed by atoms with Crippen LogP contribution in [-0.2, 0) is 4.79 Å². The number of methoxy groups -OCH3 is 2. The van der Waals surface area contributed by atoms with Crippen LogP contribution >= 0.6 is 0 Å². The Hall–Kier alpha value is -1.75. The Morgan fingerprint density at radius 1 is 1.32 bits per heavy atom. The quantitative estimate of drug-likeness (QED) is 0.850. The molecule has 0 heterocycles. The van der Waals surface area contributed by atoms with Gasteiger partial charge in [-0.15, -0.1) is 0 Å². The average molecular weight is 266 g/mol. The van der Waals surface area contributed by atoms with Gasteiger partial charge in [-0.2, -0.15) is 0 Å². The van der Waals surface area contributed by atoms with Crippen LogP contribution in [0, 0.1) is 5.92 Å². The molecule has 5 heteroatoms. The number of hydrogen-bond donors (Lipinski definition) is 1. The van der Waals surface area contributed by atoms with E-state index in [1.165, 1.54) is 0 Å². The molecule has 106 valence electrons. The van der Waals surface area contributed by atoms with E-state index in [-0.39, 0.29) is 11.8 Å². The summed E-state index contributed by atoms with van der Waals surface area (Å²) < 4.78 is 10.4. The number of ether oxygens (including phenoxy) is 2. The van der Waals surface area contributed by atoms with E-state index in [0.29, 0.717) is 24.5 Å². The van der Waals surface area contributed by atoms with Gasteiger partial charge in [0.05, 0.1) is 14.2 Å². The highest BCUT2D eigenvalue weighted by atomic mass is 16.5. The first-order chi connectivity index (χ1) is 9.03. The van der Waals surface area contributed by atoms with Crippen LogP contribution in [0.5, 0.6) is 11.5 Å². The fraction of sp³-hybridized carbons (Fsp3) is 0.500. The molecule has 19 heavy (non-hydrogen) atoms. The van der Waals surface area contributed by atoms with Crippen LogP contribution in [-0.4, -0.2) is 33.7 Å². The van der Waals surface area contributed by atoms with E-state index < -0.39 is 0 Å². The number of hydrogen-bond acceptors (Lipinski definition) is 4. The maximum atomic E-state index is 12.1. The fourth-order valence-corrected chi connectivity index (χ4v) is 1.70. The van der Waals surface area contributed by atoms with Crippen molar-refractivity contribution in [3.05, 3.63) is 18.2 Å². The number of nitrogens with two attached hydrogens (primary N) is 1. The summed E-state index contributed by atoms with van der Waals surface area (Å²) in [6.07, 6.45) is 0.432. The van der Waals surface area contributed by atoms with Crippen molar-refractivity contribution in [1.82, 2.24) is 0 Å². The molecule has 0 radical (unpaired) electrons. The monoisotopic (exact) mass is 266 g/mol. The second-order valence-electron chi connectivity index (χ2n) is 4.54. The molecule has 0 aliphatic carbocycles. The highest BCUT2D eigenvalue weighted by Gasteiger charge is 2.15. The van der Waals surface area contributed by atoms with Gasteiger partial charge in [0.15, 0.2) is 11.5 Å². The molecule has 1 unspecified atom stereocenters. The van der Waals surface area contributed by atoms with Gasteiger partial charge >= 0.3 is 0 Å². The lowest BCUT2D eigenvalue weighted by molar-refractivity contribution is -0.119. The van der Waals surface area contributed by atoms with E-state index in [4.69, 9.17) is 15.2 Å². The molecule has 1 rings (SSSR count). The van der Waals surface area contributed by atoms with Crippen molar-refractivity contribution in [3.63, 3.8) is 0 Å². The summed E-state index contributed by atoms with van der Waals surface area (Å²) in [6, 6.07) is 5.39. The van der Waals surface area contributed by atoms with E-state index in [0.717, 1.165) is 5.69 Å². The third-order valence-corrected chi connectivity index (χ3v) is 3.05. The minimum atomic E-state index is 0.0326. The first-order valence-corrected chi connectivity index (χ1v) is 6.22. The first kappa shape index (κ1) is 15.3. The van der Waals surface area contributed by atoms with Gasteiger partial charge in [-0.25, -0.2) is 0 Å². The van der Waals surface area contributed by atoms with Crippen molar-refractivity contribution in [2.24, 2.45) is 11.7 Å². The molecule has 2 N–H and O–H groups in total. The Bertz CT molecular complexity index is 435. The van der Waals surface area contributed by atoms with E-state index in [1.54, 1.807) is 38.3 Å². The number of benzene rings is 1. The molecule has 0 fully saturated rings. The smallest absolute Gasteiger partial charge is 0.227 e. The Kier molecular flexibility index (Phi) is 5.63. The van der Waals surface area contributed by atoms with Crippen molar-refractivity contribution in [2.75, 3.05) is 32.7 Å². The highest BCUT2D eigenvalue weighted by molar-refractivity contribution is 5.93. The maximum Gasteiger partial charge on any atom is 0.227 e. The maximum absolute atomic E-state index is 12.1. The molecule has 0 bridgehead atoms. The van der Waals surface area contributed by atoms with Crippen molar-refractivity contribution in [1.29, 1.82) is 0 Å². The Morgan fingerprint density at radius 2 is 1.95 bits per heavy atom. The zero-order valence-electron chi connectivity index (χ0n) is 12.0. The minimum Gasteiger partial charge on any atom is -0.493 e. The summed E-state index contributed by atoms with van der Waals surface area (Å²) in [6.45, 7) is 2.46. The zero-order chi connectivity index (χ0) is 14.4. The third kappa shape index (κ3) is 3.86. The first-order valence-electron chi connectivity index (χ1n) is 6.22. The summed E-state index contributed by atoms with van der Waals surface area (Å²) in [5.41, 5.74) is 6.31. The van der Waals surface area contributed by atoms with Crippen LogP contribution in [0.2, 0.25) is 0 Å². The summed E-state index contributed by atoms with van der Waals surface area (Å²) in [5, 5.41) is 0. The van der Waals surface area contributed by atoms with Crippen LogP contribution in [0.4, 0.5) is 5.69 Å². The van der Waals surface area contributed by atoms with E-state index >= 15 is 0 Å². The topological polar surface area (TPSA) is 64.8 Å². The molecule has 0 saturated heterocycles. The normalized spacial score (nSPS) is 11.8. The van der Waals surface area contributed by atoms with Gasteiger partial charge in [-0.05, 0) is 24.6 Å². The SMILES string of the molecule is COc1ccc(N(C)C(=O)CC(C)CN)cc1OC. The van der Waals surface area contributed by atoms with Crippen LogP contribution in [0.3, 0.4) is 0 Å². The van der Waals surface area contributed by atoms with Gasteiger partial charge in [0.1, 0.15) is 0 Å². The number of nitrogens with zero attached hydrogens (tertiary/aromatic N) is 1. The lowest BCUT2D eigenvalue weighted by Gasteiger charge is -2.20. The number of anilines is 1. The van der Waals surface area contributed by atoms with Gasteiger partial charge in [-0.1, -0.05) is 6.92 Å². The standard InChI is InChI=1S/C14H22N2O3/c1-10(9-15)7-14(17)16(2)11-5-6-12(18-3)13(8-11)19-4/h5-6,8,10H,7,9,15H2,1-4H3. The Labute approximate surface area is 114 Å². The summed E-state index contributed by atoms with van der Waals surface area (Å²) >= 11 is 0. The molecule has 0 saturated carbocycles. The van der Waals surface area contributed by atoms with E-state index in [2.05, 4.69) is 0 Å². The van der Waals surface area contributed by atoms with Gasteiger partial charge in [0.25, 0.3) is 0 Å². The van der Waals surface area contributed by atoms with Gasteiger partial charge in [0, 0.05) is 25.2 Å². The fourth-order valence-electron chi connectivity index (χ4n) is 1.70. The lowest BCUT2D eigenvalue weighted by atomic mass is 10.1. The molecule has 1 aromatic carbocycles. The second kappa shape index (κ2) is 6.99. The van der Waals surface area contributed by atoms with Crippen molar-refractivity contribution >= 4 is 11.6 Å². The molecular formula is C14H22N2O3. The molecule has 5 nitrogen and oxygen atoms in total. The predicted molar refractivity (Wildman–Crippen MR) is 75.8 cm³/mol. The molecule has 0 aliphatic heterocycles. The third-order valence-electron chi connectivity index (χ3n) is 3.05. The molecular weight excluding hydrogens is 244 g/mol. The van der Waals surface area contributed by atoms with Crippen molar-refractivity contribution < 1.29 is 14.3 Å². The summed E-state index contributed by atoms with van der Waals surface area (Å²) in [4.78, 5) is 13.7. The zero-order valence-corrected chi connectivity index (χ0v) is 12.0. The lowest BCUT2D eigenvalue weighted by Crippen LogP contribution is -2.29. The Morgan fingerprint density at radius 3 is 2.47 bits per heavy atom. The largest absolute Gasteiger partial charge is 0.493 e. The highest BCUT2D eigenvalue weighted by Crippen LogP contribution is 2.31. The number of rotatable bonds is 6. The van der Waals surface area contributed by atoms with Crippen LogP contribution in [0.1, 0.15) is 13.3 Å². The number of carbonyl (C=O) groups excluding carboxylic acids is 1. The van der Waals surface area contributed by atoms with Gasteiger partial charge < -0.3 is 20.1 Å². The summed E-state index contributed by atoms with van der Waals surface area (Å²) in [7, 11) is 4.89. The molecule has 0 spiro atoms. The van der Waals surface area contributed by atoms with Crippen molar-refractivity contribution in [3.8, 4) is 11.5 Å². The number of amides is 1. The van der Waals surface area contributed by atoms with Crippen molar-refractivity contribution in [2.45, 2.75) is 13.3 Å². The molecule has 1 amide bonds. The Balaban J connectivity index is 2.87. The predicted octanol–water partition coefficient (Wildman–Crippen LogP) is 1.65. The van der Waals surface area contributed by atoms with Crippen LogP contribution in [0.15, 0.2) is 18.2 Å². The summed E-state index contributed by atoms with van der Waals surface area (Å²) in [5.74, 6) is 1.45. The molecule has 1 aromatic rings. The van der Waals surface area contributed by atoms with Crippen LogP contribution in [0.25, 0.3) is 0 Å². The minimum absolute atomic E-state index is 0.0326. The van der Waals surface area contributed by atoms with E-state index in [1.807, 2.05) is 13.0 Å². The van der Waals surface area contributed by atoms with Gasteiger partial charge in [0.2, 0.25) is 5.91 Å². The van der Waals surface area contributed by atoms with Gasteiger partial charge in [-0.3, -0.25) is 4.79 Å². The van der Waals surface area contributed by atoms with Crippen LogP contribution < -0.4 is 20.1 Å². The molecule has 1 atom stereocenters. The number of carbonyl (C=O) groups is 1. The molecule has 0 aromatic heterocycles. The molecule has 0 aliphatic rings. The van der Waals surface area contributed by atoms with E-state index in [9.17, 15) is 4.79 Å². The average Bonchev–Trinajstić information content (AvgIpc) is 2.45. The second-order valence-corrected chi connectivity index (χ2v) is 4.54.